The van der Waals surface area contributed by atoms with Gasteiger partial charge in [-0.25, -0.2) is 4.79 Å². The number of benzene rings is 2. The van der Waals surface area contributed by atoms with Gasteiger partial charge in [0.05, 0.1) is 18.7 Å². The molecule has 0 bridgehead atoms. The van der Waals surface area contributed by atoms with Crippen molar-refractivity contribution in [3.63, 3.8) is 0 Å². The molecule has 154 valence electrons. The van der Waals surface area contributed by atoms with E-state index in [4.69, 9.17) is 4.74 Å². The van der Waals surface area contributed by atoms with Crippen molar-refractivity contribution < 1.29 is 19.1 Å². The maximum absolute atomic E-state index is 12.2. The average molecular weight is 397 g/mol. The molecule has 2 aromatic carbocycles. The van der Waals surface area contributed by atoms with Gasteiger partial charge in [-0.1, -0.05) is 19.9 Å². The second-order valence-electron chi connectivity index (χ2n) is 6.45. The van der Waals surface area contributed by atoms with Gasteiger partial charge in [-0.05, 0) is 55.3 Å². The molecular weight excluding hydrogens is 370 g/mol. The first-order chi connectivity index (χ1) is 14.0. The van der Waals surface area contributed by atoms with E-state index in [1.807, 2.05) is 13.8 Å². The molecule has 29 heavy (non-hydrogen) atoms. The molecule has 3 N–H and O–H groups in total. The average Bonchev–Trinajstić information content (AvgIpc) is 2.75. The summed E-state index contributed by atoms with van der Waals surface area (Å²) < 4.78 is 5.07. The third-order valence-electron chi connectivity index (χ3n) is 3.96. The van der Waals surface area contributed by atoms with Crippen LogP contribution in [0, 0.1) is 0 Å². The summed E-state index contributed by atoms with van der Waals surface area (Å²) >= 11 is 0. The third kappa shape index (κ3) is 7.29. The molecule has 0 aromatic heterocycles. The number of nitrogens with one attached hydrogen (secondary N) is 3. The fourth-order valence-electron chi connectivity index (χ4n) is 2.47. The summed E-state index contributed by atoms with van der Waals surface area (Å²) in [5.41, 5.74) is 2.23. The molecule has 0 fully saturated rings. The number of amides is 2. The lowest BCUT2D eigenvalue weighted by Crippen LogP contribution is -2.24. The molecule has 0 saturated carbocycles. The normalized spacial score (nSPS) is 10.1. The van der Waals surface area contributed by atoms with Crippen molar-refractivity contribution in [3.05, 3.63) is 59.7 Å². The fraction of sp³-hybridized carbons (Fsp3) is 0.318. The number of carbonyl (C=O) groups is 3. The van der Waals surface area contributed by atoms with Crippen molar-refractivity contribution >= 4 is 29.2 Å². The van der Waals surface area contributed by atoms with Crippen molar-refractivity contribution in [3.8, 4) is 0 Å². The van der Waals surface area contributed by atoms with Gasteiger partial charge in [0.25, 0.3) is 5.91 Å². The van der Waals surface area contributed by atoms with Crippen LogP contribution in [0.15, 0.2) is 48.5 Å². The van der Waals surface area contributed by atoms with E-state index in [-0.39, 0.29) is 24.3 Å². The zero-order chi connectivity index (χ0) is 21.1. The molecular formula is C22H27N3O4. The van der Waals surface area contributed by atoms with E-state index in [2.05, 4.69) is 16.0 Å². The van der Waals surface area contributed by atoms with Crippen LogP contribution in [0.1, 0.15) is 47.4 Å². The van der Waals surface area contributed by atoms with Crippen LogP contribution in [0.5, 0.6) is 0 Å². The highest BCUT2D eigenvalue weighted by molar-refractivity contribution is 5.96. The van der Waals surface area contributed by atoms with Crippen molar-refractivity contribution in [1.29, 1.82) is 0 Å². The Labute approximate surface area is 170 Å². The van der Waals surface area contributed by atoms with Gasteiger partial charge in [0.1, 0.15) is 0 Å². The Bertz CT molecular complexity index is 834. The molecule has 0 saturated heterocycles. The van der Waals surface area contributed by atoms with Crippen molar-refractivity contribution in [1.82, 2.24) is 5.32 Å². The van der Waals surface area contributed by atoms with Crippen LogP contribution in [-0.2, 0) is 9.53 Å². The fourth-order valence-corrected chi connectivity index (χ4v) is 2.47. The topological polar surface area (TPSA) is 96.5 Å². The lowest BCUT2D eigenvalue weighted by atomic mass is 10.2. The Hall–Kier alpha value is -3.35. The van der Waals surface area contributed by atoms with Crippen molar-refractivity contribution in [2.45, 2.75) is 26.7 Å². The summed E-state index contributed by atoms with van der Waals surface area (Å²) in [5, 5.41) is 8.57. The zero-order valence-electron chi connectivity index (χ0n) is 16.8. The molecule has 0 aliphatic rings. The number of hydrogen-bond donors (Lipinski definition) is 3. The monoisotopic (exact) mass is 397 g/mol. The highest BCUT2D eigenvalue weighted by Crippen LogP contribution is 2.12. The van der Waals surface area contributed by atoms with Gasteiger partial charge in [0.2, 0.25) is 5.91 Å². The first kappa shape index (κ1) is 21.9. The Balaban J connectivity index is 1.85. The zero-order valence-corrected chi connectivity index (χ0v) is 16.8. The van der Waals surface area contributed by atoms with E-state index in [0.717, 1.165) is 12.8 Å². The number of carbonyl (C=O) groups excluding carboxylic acids is 3. The molecule has 0 spiro atoms. The van der Waals surface area contributed by atoms with Crippen LogP contribution in [0.2, 0.25) is 0 Å². The molecule has 7 nitrogen and oxygen atoms in total. The molecule has 2 aromatic rings. The standard InChI is InChI=1S/C22H27N3O4/c1-3-12-23-21(27)17-6-5-7-19(14-17)24-15-20(26)25-18-10-8-16(9-11-18)22(28)29-13-4-2/h5-11,14,24H,3-4,12-13,15H2,1-2H3,(H,23,27)(H,25,26). The molecule has 0 aliphatic carbocycles. The lowest BCUT2D eigenvalue weighted by Gasteiger charge is -2.10. The molecule has 0 radical (unpaired) electrons. The van der Waals surface area contributed by atoms with Crippen LogP contribution >= 0.6 is 0 Å². The Morgan fingerprint density at radius 2 is 1.66 bits per heavy atom. The van der Waals surface area contributed by atoms with E-state index < -0.39 is 0 Å². The SMILES string of the molecule is CCCNC(=O)c1cccc(NCC(=O)Nc2ccc(C(=O)OCCC)cc2)c1. The van der Waals surface area contributed by atoms with Crippen LogP contribution in [0.3, 0.4) is 0 Å². The summed E-state index contributed by atoms with van der Waals surface area (Å²) in [7, 11) is 0. The van der Waals surface area contributed by atoms with Gasteiger partial charge in [0, 0.05) is 23.5 Å². The van der Waals surface area contributed by atoms with Crippen LogP contribution in [0.4, 0.5) is 11.4 Å². The number of anilines is 2. The first-order valence-corrected chi connectivity index (χ1v) is 9.72. The van der Waals surface area contributed by atoms with Gasteiger partial charge >= 0.3 is 5.97 Å². The minimum Gasteiger partial charge on any atom is -0.462 e. The van der Waals surface area contributed by atoms with E-state index in [9.17, 15) is 14.4 Å². The van der Waals surface area contributed by atoms with Crippen LogP contribution in [-0.4, -0.2) is 37.5 Å². The Kier molecular flexibility index (Phi) is 8.69. The second-order valence-corrected chi connectivity index (χ2v) is 6.45. The molecule has 7 heteroatoms. The third-order valence-corrected chi connectivity index (χ3v) is 3.96. The van der Waals surface area contributed by atoms with Crippen LogP contribution < -0.4 is 16.0 Å². The minimum absolute atomic E-state index is 0.0420. The molecule has 0 aliphatic heterocycles. The largest absolute Gasteiger partial charge is 0.462 e. The van der Waals surface area contributed by atoms with E-state index >= 15 is 0 Å². The van der Waals surface area contributed by atoms with Crippen molar-refractivity contribution in [2.24, 2.45) is 0 Å². The number of esters is 1. The molecule has 2 amide bonds. The van der Waals surface area contributed by atoms with E-state index in [0.29, 0.717) is 35.7 Å². The van der Waals surface area contributed by atoms with Gasteiger partial charge in [0.15, 0.2) is 0 Å². The number of ether oxygens (including phenoxy) is 1. The van der Waals surface area contributed by atoms with E-state index in [1.165, 1.54) is 0 Å². The molecule has 0 heterocycles. The highest BCUT2D eigenvalue weighted by atomic mass is 16.5. The maximum Gasteiger partial charge on any atom is 0.338 e. The van der Waals surface area contributed by atoms with Gasteiger partial charge in [-0.15, -0.1) is 0 Å². The molecule has 2 rings (SSSR count). The van der Waals surface area contributed by atoms with Gasteiger partial charge in [-0.2, -0.15) is 0 Å². The van der Waals surface area contributed by atoms with Gasteiger partial charge < -0.3 is 20.7 Å². The Morgan fingerprint density at radius 3 is 2.34 bits per heavy atom. The number of hydrogen-bond acceptors (Lipinski definition) is 5. The summed E-state index contributed by atoms with van der Waals surface area (Å²) in [6.07, 6.45) is 1.63. The number of rotatable bonds is 10. The summed E-state index contributed by atoms with van der Waals surface area (Å²) in [4.78, 5) is 36.0. The van der Waals surface area contributed by atoms with Gasteiger partial charge in [-0.3, -0.25) is 9.59 Å². The van der Waals surface area contributed by atoms with E-state index in [1.54, 1.807) is 48.5 Å². The maximum atomic E-state index is 12.2. The highest BCUT2D eigenvalue weighted by Gasteiger charge is 2.09. The predicted octanol–water partition coefficient (Wildman–Crippen LogP) is 3.44. The van der Waals surface area contributed by atoms with Crippen LogP contribution in [0.25, 0.3) is 0 Å². The molecule has 0 unspecified atom stereocenters. The van der Waals surface area contributed by atoms with Crippen molar-refractivity contribution in [2.75, 3.05) is 30.3 Å². The second kappa shape index (κ2) is 11.5. The quantitative estimate of drug-likeness (QED) is 0.534. The Morgan fingerprint density at radius 1 is 0.897 bits per heavy atom. The minimum atomic E-state index is -0.380. The first-order valence-electron chi connectivity index (χ1n) is 9.72. The summed E-state index contributed by atoms with van der Waals surface area (Å²) in [6.45, 7) is 4.96. The lowest BCUT2D eigenvalue weighted by molar-refractivity contribution is -0.114. The summed E-state index contributed by atoms with van der Waals surface area (Å²) in [6, 6.07) is 13.5. The summed E-state index contributed by atoms with van der Waals surface area (Å²) in [5.74, 6) is -0.765. The predicted molar refractivity (Wildman–Crippen MR) is 113 cm³/mol. The molecule has 0 atom stereocenters. The smallest absolute Gasteiger partial charge is 0.338 e.